The van der Waals surface area contributed by atoms with Gasteiger partial charge in [0.1, 0.15) is 11.5 Å². The molecule has 0 unspecified atom stereocenters. The molecule has 2 aromatic heterocycles. The highest BCUT2D eigenvalue weighted by atomic mass is 16.2. The molecule has 7 heteroatoms. The number of carbonyl (C=O) groups is 2. The van der Waals surface area contributed by atoms with Crippen LogP contribution in [0, 0.1) is 16.7 Å². The summed E-state index contributed by atoms with van der Waals surface area (Å²) < 4.78 is 0. The minimum atomic E-state index is -0.403. The Morgan fingerprint density at radius 2 is 2.28 bits per heavy atom. The van der Waals surface area contributed by atoms with E-state index in [0.29, 0.717) is 25.3 Å². The van der Waals surface area contributed by atoms with Gasteiger partial charge in [0.2, 0.25) is 12.3 Å². The van der Waals surface area contributed by atoms with Crippen molar-refractivity contribution in [1.29, 1.82) is 5.26 Å². The smallest absolute Gasteiger partial charge is 0.224 e. The van der Waals surface area contributed by atoms with Gasteiger partial charge in [0.25, 0.3) is 0 Å². The van der Waals surface area contributed by atoms with Crippen LogP contribution in [0.1, 0.15) is 44.1 Å². The van der Waals surface area contributed by atoms with Crippen molar-refractivity contribution in [3.05, 3.63) is 30.0 Å². The summed E-state index contributed by atoms with van der Waals surface area (Å²) in [6.07, 6.45) is 9.63. The minimum absolute atomic E-state index is 0.0717. The predicted octanol–water partition coefficient (Wildman–Crippen LogP) is 3.00. The minimum Gasteiger partial charge on any atom is -0.346 e. The molecule has 3 aliphatic rings. The fraction of sp³-hybridized carbons (Fsp3) is 0.455. The highest BCUT2D eigenvalue weighted by Gasteiger charge is 2.45. The summed E-state index contributed by atoms with van der Waals surface area (Å²) in [6.45, 7) is 1.20. The molecule has 148 valence electrons. The van der Waals surface area contributed by atoms with Crippen LogP contribution in [0.3, 0.4) is 0 Å². The van der Waals surface area contributed by atoms with Gasteiger partial charge in [-0.15, -0.1) is 0 Å². The first kappa shape index (κ1) is 17.9. The molecule has 1 N–H and O–H groups in total. The number of hydrogen-bond acceptors (Lipinski definition) is 4. The lowest BCUT2D eigenvalue weighted by atomic mass is 9.96. The molecule has 1 aliphatic heterocycles. The number of nitriles is 1. The van der Waals surface area contributed by atoms with Crippen LogP contribution < -0.4 is 4.90 Å². The summed E-state index contributed by atoms with van der Waals surface area (Å²) in [5.41, 5.74) is 2.61. The van der Waals surface area contributed by atoms with Crippen molar-refractivity contribution >= 4 is 34.7 Å². The number of H-pyrrole nitrogens is 1. The van der Waals surface area contributed by atoms with Crippen molar-refractivity contribution in [3.8, 4) is 6.07 Å². The molecule has 0 saturated heterocycles. The van der Waals surface area contributed by atoms with E-state index >= 15 is 0 Å². The molecule has 2 aliphatic carbocycles. The van der Waals surface area contributed by atoms with Gasteiger partial charge in [0, 0.05) is 37.1 Å². The fourth-order valence-electron chi connectivity index (χ4n) is 4.12. The van der Waals surface area contributed by atoms with Gasteiger partial charge in [-0.05, 0) is 55.4 Å². The van der Waals surface area contributed by atoms with E-state index in [1.807, 2.05) is 23.2 Å². The van der Waals surface area contributed by atoms with Gasteiger partial charge in [-0.25, -0.2) is 4.98 Å². The molecule has 29 heavy (non-hydrogen) atoms. The molecule has 2 fully saturated rings. The van der Waals surface area contributed by atoms with E-state index in [9.17, 15) is 14.9 Å². The number of anilines is 1. The van der Waals surface area contributed by atoms with Crippen molar-refractivity contribution < 1.29 is 9.59 Å². The first-order valence-electron chi connectivity index (χ1n) is 10.2. The average Bonchev–Trinajstić information content (AvgIpc) is 3.67. The number of nitrogens with one attached hydrogen (secondary N) is 1. The van der Waals surface area contributed by atoms with Crippen molar-refractivity contribution in [3.63, 3.8) is 0 Å². The second-order valence-corrected chi connectivity index (χ2v) is 8.40. The predicted molar refractivity (Wildman–Crippen MR) is 109 cm³/mol. The monoisotopic (exact) mass is 389 g/mol. The molecule has 2 amide bonds. The number of nitrogens with zero attached hydrogens (tertiary/aromatic N) is 4. The molecule has 2 aromatic rings. The van der Waals surface area contributed by atoms with Crippen LogP contribution in [0.5, 0.6) is 0 Å². The topological polar surface area (TPSA) is 93.1 Å². The van der Waals surface area contributed by atoms with Crippen LogP contribution >= 0.6 is 0 Å². The van der Waals surface area contributed by atoms with Gasteiger partial charge >= 0.3 is 0 Å². The number of aromatic amines is 1. The van der Waals surface area contributed by atoms with Crippen LogP contribution in [-0.2, 0) is 9.59 Å². The number of carbonyl (C=O) groups excluding carboxylic acids is 2. The van der Waals surface area contributed by atoms with Crippen LogP contribution in [0.4, 0.5) is 5.82 Å². The first-order chi connectivity index (χ1) is 14.1. The molecule has 0 spiro atoms. The molecule has 0 bridgehead atoms. The van der Waals surface area contributed by atoms with Crippen LogP contribution in [0.2, 0.25) is 0 Å². The van der Waals surface area contributed by atoms with E-state index in [0.717, 1.165) is 55.1 Å². The fourth-order valence-corrected chi connectivity index (χ4v) is 4.12. The van der Waals surface area contributed by atoms with E-state index < -0.39 is 5.41 Å². The second-order valence-electron chi connectivity index (χ2n) is 8.40. The van der Waals surface area contributed by atoms with Crippen LogP contribution in [0.25, 0.3) is 16.6 Å². The lowest BCUT2D eigenvalue weighted by Gasteiger charge is -2.28. The normalized spacial score (nSPS) is 20.1. The number of fused-ring (bicyclic) bond motifs is 1. The SMILES string of the molecule is N#CC1(CC(=O)N2CC=C(c3cc(N(C=O)C4CC4)nc4[nH]ccc34)CC2)CC1. The molecule has 3 heterocycles. The Balaban J connectivity index is 1.40. The maximum atomic E-state index is 12.6. The van der Waals surface area contributed by atoms with Gasteiger partial charge in [-0.1, -0.05) is 6.08 Å². The number of amides is 2. The van der Waals surface area contributed by atoms with E-state index in [-0.39, 0.29) is 11.9 Å². The Bertz CT molecular complexity index is 1050. The summed E-state index contributed by atoms with van der Waals surface area (Å²) in [4.78, 5) is 35.6. The number of aromatic nitrogens is 2. The van der Waals surface area contributed by atoms with Crippen molar-refractivity contribution in [2.24, 2.45) is 5.41 Å². The Morgan fingerprint density at radius 1 is 1.45 bits per heavy atom. The molecule has 0 atom stereocenters. The zero-order chi connectivity index (χ0) is 20.0. The largest absolute Gasteiger partial charge is 0.346 e. The number of rotatable bonds is 6. The highest BCUT2D eigenvalue weighted by Crippen LogP contribution is 2.48. The summed E-state index contributed by atoms with van der Waals surface area (Å²) >= 11 is 0. The summed E-state index contributed by atoms with van der Waals surface area (Å²) in [5.74, 6) is 0.749. The van der Waals surface area contributed by atoms with Crippen LogP contribution in [0.15, 0.2) is 24.4 Å². The zero-order valence-electron chi connectivity index (χ0n) is 16.2. The third-order valence-electron chi connectivity index (χ3n) is 6.32. The average molecular weight is 389 g/mol. The van der Waals surface area contributed by atoms with Crippen molar-refractivity contribution in [1.82, 2.24) is 14.9 Å². The highest BCUT2D eigenvalue weighted by molar-refractivity contribution is 5.94. The molecular formula is C22H23N5O2. The zero-order valence-corrected chi connectivity index (χ0v) is 16.2. The van der Waals surface area contributed by atoms with E-state index in [4.69, 9.17) is 0 Å². The summed E-state index contributed by atoms with van der Waals surface area (Å²) in [6, 6.07) is 6.56. The van der Waals surface area contributed by atoms with Gasteiger partial charge in [0.15, 0.2) is 0 Å². The quantitative estimate of drug-likeness (QED) is 0.769. The van der Waals surface area contributed by atoms with Crippen molar-refractivity contribution in [2.75, 3.05) is 18.0 Å². The Hall–Kier alpha value is -3.14. The maximum absolute atomic E-state index is 12.6. The molecule has 0 aromatic carbocycles. The standard InChI is InChI=1S/C22H23N5O2/c23-13-22(6-7-22)12-20(29)26-9-4-15(5-10-26)18-11-19(27(14-28)16-1-2-16)25-21-17(18)3-8-24-21/h3-4,8,11,14,16H,1-2,5-7,9-10,12H2,(H,24,25). The lowest BCUT2D eigenvalue weighted by Crippen LogP contribution is -2.35. The van der Waals surface area contributed by atoms with Crippen molar-refractivity contribution in [2.45, 2.75) is 44.6 Å². The van der Waals surface area contributed by atoms with E-state index in [1.165, 1.54) is 5.57 Å². The van der Waals surface area contributed by atoms with E-state index in [2.05, 4.69) is 22.1 Å². The Morgan fingerprint density at radius 3 is 2.90 bits per heavy atom. The molecule has 5 rings (SSSR count). The van der Waals surface area contributed by atoms with E-state index in [1.54, 1.807) is 4.90 Å². The lowest BCUT2D eigenvalue weighted by molar-refractivity contribution is -0.131. The number of pyridine rings is 1. The summed E-state index contributed by atoms with van der Waals surface area (Å²) in [5, 5.41) is 10.3. The third-order valence-corrected chi connectivity index (χ3v) is 6.32. The first-order valence-corrected chi connectivity index (χ1v) is 10.2. The summed E-state index contributed by atoms with van der Waals surface area (Å²) in [7, 11) is 0. The number of hydrogen-bond donors (Lipinski definition) is 1. The molecule has 7 nitrogen and oxygen atoms in total. The third kappa shape index (κ3) is 3.29. The molecule has 0 radical (unpaired) electrons. The van der Waals surface area contributed by atoms with Crippen LogP contribution in [-0.4, -0.2) is 46.3 Å². The molecule has 2 saturated carbocycles. The van der Waals surface area contributed by atoms with Gasteiger partial charge in [0.05, 0.1) is 11.5 Å². The van der Waals surface area contributed by atoms with Gasteiger partial charge in [-0.3, -0.25) is 14.5 Å². The second kappa shape index (κ2) is 6.73. The maximum Gasteiger partial charge on any atom is 0.224 e. The van der Waals surface area contributed by atoms with Gasteiger partial charge < -0.3 is 9.88 Å². The molecular weight excluding hydrogens is 366 g/mol. The Labute approximate surface area is 169 Å². The Kier molecular flexibility index (Phi) is 4.16. The van der Waals surface area contributed by atoms with Gasteiger partial charge in [-0.2, -0.15) is 5.26 Å².